The van der Waals surface area contributed by atoms with E-state index in [1.807, 2.05) is 48.5 Å². The second kappa shape index (κ2) is 12.1. The SMILES string of the molecule is S=C(NCC1(c2cccc(Cl)c2)CCCC1)Nc1nc(Oc2ccccc2)cc(N2CCCCCC2)n1. The predicted molar refractivity (Wildman–Crippen MR) is 155 cm³/mol. The maximum Gasteiger partial charge on any atom is 0.234 e. The largest absolute Gasteiger partial charge is 0.439 e. The number of halogens is 1. The van der Waals surface area contributed by atoms with Crippen LogP contribution in [0.15, 0.2) is 60.7 Å². The maximum absolute atomic E-state index is 6.33. The zero-order valence-electron chi connectivity index (χ0n) is 21.1. The average molecular weight is 536 g/mol. The molecule has 2 aliphatic rings. The van der Waals surface area contributed by atoms with Crippen LogP contribution < -0.4 is 20.3 Å². The third-order valence-corrected chi connectivity index (χ3v) is 7.88. The van der Waals surface area contributed by atoms with Crippen molar-refractivity contribution in [2.45, 2.75) is 56.8 Å². The van der Waals surface area contributed by atoms with Crippen LogP contribution in [0.1, 0.15) is 56.9 Å². The van der Waals surface area contributed by atoms with E-state index in [2.05, 4.69) is 32.7 Å². The van der Waals surface area contributed by atoms with Crippen molar-refractivity contribution in [2.75, 3.05) is 29.9 Å². The number of rotatable bonds is 7. The Hall–Kier alpha value is -2.90. The number of hydrogen-bond donors (Lipinski definition) is 2. The lowest BCUT2D eigenvalue weighted by Gasteiger charge is -2.30. The molecule has 0 radical (unpaired) electrons. The molecule has 6 nitrogen and oxygen atoms in total. The minimum Gasteiger partial charge on any atom is -0.439 e. The van der Waals surface area contributed by atoms with Gasteiger partial charge in [-0.1, -0.05) is 67.6 Å². The molecule has 194 valence electrons. The van der Waals surface area contributed by atoms with E-state index in [0.29, 0.717) is 16.9 Å². The number of anilines is 2. The Kier molecular flexibility index (Phi) is 8.41. The Labute approximate surface area is 229 Å². The number of nitrogens with one attached hydrogen (secondary N) is 2. The Morgan fingerprint density at radius 1 is 0.919 bits per heavy atom. The Bertz CT molecular complexity index is 1190. The average Bonchev–Trinajstić information content (AvgIpc) is 3.23. The summed E-state index contributed by atoms with van der Waals surface area (Å²) in [5.41, 5.74) is 1.29. The zero-order valence-corrected chi connectivity index (χ0v) is 22.7. The molecule has 0 bridgehead atoms. The number of ether oxygens (including phenoxy) is 1. The Morgan fingerprint density at radius 2 is 1.68 bits per heavy atom. The fourth-order valence-corrected chi connectivity index (χ4v) is 5.78. The molecular weight excluding hydrogens is 502 g/mol. The molecule has 0 spiro atoms. The fourth-order valence-electron chi connectivity index (χ4n) is 5.42. The standard InChI is InChI=1S/C29H34ClN5OS/c30-23-12-10-11-22(19-23)29(15-6-7-16-29)21-31-28(37)34-27-32-25(35-17-8-1-2-9-18-35)20-26(33-27)36-24-13-4-3-5-14-24/h3-5,10-14,19-20H,1-2,6-9,15-18,21H2,(H2,31,32,33,34,37). The van der Waals surface area contributed by atoms with Gasteiger partial charge in [-0.3, -0.25) is 0 Å². The lowest BCUT2D eigenvalue weighted by molar-refractivity contribution is 0.435. The van der Waals surface area contributed by atoms with E-state index >= 15 is 0 Å². The number of hydrogen-bond acceptors (Lipinski definition) is 5. The van der Waals surface area contributed by atoms with Crippen molar-refractivity contribution in [1.82, 2.24) is 15.3 Å². The molecule has 1 aliphatic heterocycles. The molecular formula is C29H34ClN5OS. The lowest BCUT2D eigenvalue weighted by Crippen LogP contribution is -2.41. The van der Waals surface area contributed by atoms with Crippen molar-refractivity contribution in [2.24, 2.45) is 0 Å². The molecule has 37 heavy (non-hydrogen) atoms. The summed E-state index contributed by atoms with van der Waals surface area (Å²) in [6.45, 7) is 2.69. The molecule has 5 rings (SSSR count). The van der Waals surface area contributed by atoms with Crippen LogP contribution in [0.5, 0.6) is 11.6 Å². The third-order valence-electron chi connectivity index (χ3n) is 7.40. The molecule has 3 aromatic rings. The molecule has 2 heterocycles. The first-order chi connectivity index (χ1) is 18.1. The summed E-state index contributed by atoms with van der Waals surface area (Å²) >= 11 is 12.0. The molecule has 0 amide bonds. The monoisotopic (exact) mass is 535 g/mol. The maximum atomic E-state index is 6.33. The van der Waals surface area contributed by atoms with Crippen molar-refractivity contribution >= 4 is 40.7 Å². The van der Waals surface area contributed by atoms with Gasteiger partial charge in [-0.25, -0.2) is 0 Å². The second-order valence-corrected chi connectivity index (χ2v) is 10.9. The number of para-hydroxylation sites is 1. The van der Waals surface area contributed by atoms with Crippen LogP contribution >= 0.6 is 23.8 Å². The zero-order chi connectivity index (χ0) is 25.5. The first kappa shape index (κ1) is 25.7. The summed E-state index contributed by atoms with van der Waals surface area (Å²) in [7, 11) is 0. The molecule has 2 fully saturated rings. The van der Waals surface area contributed by atoms with Crippen LogP contribution in [0.2, 0.25) is 5.02 Å². The van der Waals surface area contributed by atoms with Crippen molar-refractivity contribution in [3.05, 3.63) is 71.2 Å². The predicted octanol–water partition coefficient (Wildman–Crippen LogP) is 7.10. The summed E-state index contributed by atoms with van der Waals surface area (Å²) in [6.07, 6.45) is 9.45. The Morgan fingerprint density at radius 3 is 2.41 bits per heavy atom. The van der Waals surface area contributed by atoms with Crippen molar-refractivity contribution in [3.8, 4) is 11.6 Å². The third kappa shape index (κ3) is 6.70. The van der Waals surface area contributed by atoms with Gasteiger partial charge in [0.15, 0.2) is 5.11 Å². The van der Waals surface area contributed by atoms with E-state index in [1.54, 1.807) is 0 Å². The van der Waals surface area contributed by atoms with Gasteiger partial charge in [0.2, 0.25) is 11.8 Å². The highest BCUT2D eigenvalue weighted by molar-refractivity contribution is 7.80. The second-order valence-electron chi connectivity index (χ2n) is 10.0. The van der Waals surface area contributed by atoms with Gasteiger partial charge in [-0.15, -0.1) is 0 Å². The first-order valence-electron chi connectivity index (χ1n) is 13.3. The van der Waals surface area contributed by atoms with Crippen LogP contribution in [0.4, 0.5) is 11.8 Å². The quantitative estimate of drug-likeness (QED) is 0.313. The first-order valence-corrected chi connectivity index (χ1v) is 14.1. The highest BCUT2D eigenvalue weighted by Gasteiger charge is 2.35. The minimum absolute atomic E-state index is 0.0208. The van der Waals surface area contributed by atoms with E-state index in [9.17, 15) is 0 Å². The van der Waals surface area contributed by atoms with E-state index in [0.717, 1.165) is 61.9 Å². The van der Waals surface area contributed by atoms with Crippen LogP contribution in [0.3, 0.4) is 0 Å². The van der Waals surface area contributed by atoms with Gasteiger partial charge in [0.05, 0.1) is 0 Å². The molecule has 1 aromatic heterocycles. The molecule has 2 N–H and O–H groups in total. The van der Waals surface area contributed by atoms with E-state index in [4.69, 9.17) is 33.5 Å². The Balaban J connectivity index is 1.32. The molecule has 0 atom stereocenters. The fraction of sp³-hybridized carbons (Fsp3) is 0.414. The van der Waals surface area contributed by atoms with Crippen molar-refractivity contribution in [1.29, 1.82) is 0 Å². The van der Waals surface area contributed by atoms with Crippen molar-refractivity contribution < 1.29 is 4.74 Å². The molecule has 8 heteroatoms. The minimum atomic E-state index is 0.0208. The van der Waals surface area contributed by atoms with Gasteiger partial charge in [-0.05, 0) is 67.7 Å². The number of benzene rings is 2. The highest BCUT2D eigenvalue weighted by Crippen LogP contribution is 2.41. The van der Waals surface area contributed by atoms with Gasteiger partial charge >= 0.3 is 0 Å². The van der Waals surface area contributed by atoms with E-state index < -0.39 is 0 Å². The molecule has 2 aromatic carbocycles. The van der Waals surface area contributed by atoms with Crippen molar-refractivity contribution in [3.63, 3.8) is 0 Å². The summed E-state index contributed by atoms with van der Waals surface area (Å²) in [6, 6.07) is 19.9. The van der Waals surface area contributed by atoms with Gasteiger partial charge in [0, 0.05) is 36.1 Å². The summed E-state index contributed by atoms with van der Waals surface area (Å²) < 4.78 is 6.10. The number of nitrogens with zero attached hydrogens (tertiary/aromatic N) is 3. The van der Waals surface area contributed by atoms with Crippen LogP contribution in [-0.2, 0) is 5.41 Å². The normalized spacial score (nSPS) is 17.2. The summed E-state index contributed by atoms with van der Waals surface area (Å²) in [4.78, 5) is 11.8. The van der Waals surface area contributed by atoms with E-state index in [1.165, 1.54) is 31.2 Å². The van der Waals surface area contributed by atoms with Gasteiger partial charge < -0.3 is 20.3 Å². The molecule has 1 aliphatic carbocycles. The smallest absolute Gasteiger partial charge is 0.234 e. The van der Waals surface area contributed by atoms with Gasteiger partial charge in [-0.2, -0.15) is 9.97 Å². The lowest BCUT2D eigenvalue weighted by atomic mass is 9.79. The number of thiocarbonyl (C=S) groups is 1. The number of aromatic nitrogens is 2. The molecule has 0 unspecified atom stereocenters. The van der Waals surface area contributed by atoms with Crippen LogP contribution in [0.25, 0.3) is 0 Å². The van der Waals surface area contributed by atoms with E-state index in [-0.39, 0.29) is 5.41 Å². The van der Waals surface area contributed by atoms with Crippen LogP contribution in [0, 0.1) is 0 Å². The topological polar surface area (TPSA) is 62.3 Å². The van der Waals surface area contributed by atoms with Gasteiger partial charge in [0.25, 0.3) is 0 Å². The van der Waals surface area contributed by atoms with Gasteiger partial charge in [0.1, 0.15) is 11.6 Å². The molecule has 1 saturated carbocycles. The highest BCUT2D eigenvalue weighted by atomic mass is 35.5. The molecule has 1 saturated heterocycles. The summed E-state index contributed by atoms with van der Waals surface area (Å²) in [5.74, 6) is 2.53. The summed E-state index contributed by atoms with van der Waals surface area (Å²) in [5, 5.41) is 7.96. The van der Waals surface area contributed by atoms with Crippen LogP contribution in [-0.4, -0.2) is 34.7 Å².